The predicted octanol–water partition coefficient (Wildman–Crippen LogP) is 2.79. The number of rotatable bonds is 7. The Morgan fingerprint density at radius 1 is 1.35 bits per heavy atom. The van der Waals surface area contributed by atoms with Crippen molar-refractivity contribution in [2.75, 3.05) is 5.32 Å². The molecule has 15 heteroatoms. The Labute approximate surface area is 193 Å². The molecule has 0 saturated heterocycles. The number of hydrogen-bond acceptors (Lipinski definition) is 8. The fraction of sp³-hybridized carbons (Fsp3) is 0.211. The summed E-state index contributed by atoms with van der Waals surface area (Å²) in [6, 6.07) is 2.31. The molecule has 0 atom stereocenters. The fourth-order valence-electron chi connectivity index (χ4n) is 3.36. The number of carbonyl (C=O) groups is 2. The number of hydrogen-bond donors (Lipinski definition) is 2. The van der Waals surface area contributed by atoms with Gasteiger partial charge in [0, 0.05) is 23.7 Å². The normalized spacial score (nSPS) is 11.3. The first-order chi connectivity index (χ1) is 16.1. The van der Waals surface area contributed by atoms with Gasteiger partial charge in [0.25, 0.3) is 12.3 Å². The lowest BCUT2D eigenvalue weighted by atomic mass is 10.0. The number of nitrogens with two attached hydrogens (primary N) is 1. The van der Waals surface area contributed by atoms with Crippen molar-refractivity contribution >= 4 is 44.9 Å². The zero-order valence-corrected chi connectivity index (χ0v) is 18.5. The van der Waals surface area contributed by atoms with Crippen molar-refractivity contribution in [2.45, 2.75) is 19.9 Å². The van der Waals surface area contributed by atoms with Crippen molar-refractivity contribution in [3.05, 3.63) is 50.9 Å². The SMILES string of the molecule is Cc1c(-c2cc(C(F)F)nc3sc(C(N)=O)c(NC(=O)Cn4ccc([N+](=O)[O-])n4)c23)cnn1C. The van der Waals surface area contributed by atoms with Crippen molar-refractivity contribution in [3.8, 4) is 11.1 Å². The molecule has 3 N–H and O–H groups in total. The molecule has 4 rings (SSSR count). The van der Waals surface area contributed by atoms with E-state index in [-0.39, 0.29) is 20.8 Å². The molecule has 0 bridgehead atoms. The highest BCUT2D eigenvalue weighted by Crippen LogP contribution is 2.43. The van der Waals surface area contributed by atoms with Crippen LogP contribution in [-0.4, -0.2) is 41.3 Å². The van der Waals surface area contributed by atoms with Crippen LogP contribution in [0.3, 0.4) is 0 Å². The van der Waals surface area contributed by atoms with Gasteiger partial charge in [-0.15, -0.1) is 11.3 Å². The molecule has 34 heavy (non-hydrogen) atoms. The summed E-state index contributed by atoms with van der Waals surface area (Å²) >= 11 is 0.769. The van der Waals surface area contributed by atoms with Gasteiger partial charge in [0.15, 0.2) is 0 Å². The van der Waals surface area contributed by atoms with E-state index in [4.69, 9.17) is 5.73 Å². The topological polar surface area (TPSA) is 164 Å². The molecule has 176 valence electrons. The number of aromatic nitrogens is 5. The van der Waals surface area contributed by atoms with Crippen LogP contribution in [0.2, 0.25) is 0 Å². The molecule has 0 unspecified atom stereocenters. The Balaban J connectivity index is 1.85. The maximum Gasteiger partial charge on any atom is 0.389 e. The van der Waals surface area contributed by atoms with Gasteiger partial charge in [0.05, 0.1) is 29.2 Å². The third-order valence-corrected chi connectivity index (χ3v) is 6.14. The first kappa shape index (κ1) is 22.9. The molecule has 2 amide bonds. The highest BCUT2D eigenvalue weighted by molar-refractivity contribution is 7.21. The van der Waals surface area contributed by atoms with Crippen molar-refractivity contribution in [1.29, 1.82) is 0 Å². The molecule has 0 aromatic carbocycles. The van der Waals surface area contributed by atoms with Gasteiger partial charge in [0.1, 0.15) is 21.9 Å². The summed E-state index contributed by atoms with van der Waals surface area (Å²) in [5, 5.41) is 21.4. The lowest BCUT2D eigenvalue weighted by molar-refractivity contribution is -0.389. The van der Waals surface area contributed by atoms with Gasteiger partial charge in [-0.05, 0) is 23.5 Å². The van der Waals surface area contributed by atoms with Gasteiger partial charge < -0.3 is 21.2 Å². The number of aryl methyl sites for hydroxylation is 1. The molecule has 4 aromatic rings. The number of primary amides is 1. The number of fused-ring (bicyclic) bond motifs is 1. The number of thiophene rings is 1. The lowest BCUT2D eigenvalue weighted by Gasteiger charge is -2.10. The molecule has 12 nitrogen and oxygen atoms in total. The molecule has 0 fully saturated rings. The Morgan fingerprint density at radius 2 is 2.09 bits per heavy atom. The standard InChI is InChI=1S/C19H16F2N8O4S/c1-8-10(6-23-27(8)2)9-5-11(17(20)21)24-19-14(9)15(16(34-19)18(22)31)25-13(30)7-28-4-3-12(26-28)29(32)33/h3-6,17H,7H2,1-2H3,(H2,22,31)(H,25,30). The Kier molecular flexibility index (Phi) is 5.78. The molecule has 4 heterocycles. The van der Waals surface area contributed by atoms with E-state index < -0.39 is 41.2 Å². The van der Waals surface area contributed by atoms with Gasteiger partial charge in [-0.25, -0.2) is 13.8 Å². The minimum absolute atomic E-state index is 0.00530. The fourth-order valence-corrected chi connectivity index (χ4v) is 4.37. The van der Waals surface area contributed by atoms with E-state index in [0.29, 0.717) is 16.8 Å². The number of carbonyl (C=O) groups excluding carboxylic acids is 2. The van der Waals surface area contributed by atoms with Crippen LogP contribution in [0.15, 0.2) is 24.5 Å². The van der Waals surface area contributed by atoms with E-state index >= 15 is 0 Å². The minimum Gasteiger partial charge on any atom is -0.365 e. The van der Waals surface area contributed by atoms with E-state index in [2.05, 4.69) is 20.5 Å². The summed E-state index contributed by atoms with van der Waals surface area (Å²) < 4.78 is 29.7. The molecule has 4 aromatic heterocycles. The Hall–Kier alpha value is -4.27. The second kappa shape index (κ2) is 8.58. The van der Waals surface area contributed by atoms with E-state index in [1.807, 2.05) is 0 Å². The van der Waals surface area contributed by atoms with Gasteiger partial charge in [-0.3, -0.25) is 14.3 Å². The van der Waals surface area contributed by atoms with Crippen molar-refractivity contribution in [3.63, 3.8) is 0 Å². The summed E-state index contributed by atoms with van der Waals surface area (Å²) in [5.41, 5.74) is 6.44. The lowest BCUT2D eigenvalue weighted by Crippen LogP contribution is -2.21. The van der Waals surface area contributed by atoms with Gasteiger partial charge in [-0.1, -0.05) is 0 Å². The minimum atomic E-state index is -2.88. The summed E-state index contributed by atoms with van der Waals surface area (Å²) in [6.07, 6.45) is -0.151. The zero-order valence-electron chi connectivity index (χ0n) is 17.7. The molecular weight excluding hydrogens is 474 g/mol. The highest BCUT2D eigenvalue weighted by atomic mass is 32.1. The van der Waals surface area contributed by atoms with Crippen LogP contribution in [0, 0.1) is 17.0 Å². The zero-order chi connectivity index (χ0) is 24.7. The highest BCUT2D eigenvalue weighted by Gasteiger charge is 2.26. The largest absolute Gasteiger partial charge is 0.389 e. The van der Waals surface area contributed by atoms with Crippen molar-refractivity contribution in [2.24, 2.45) is 12.8 Å². The number of pyridine rings is 1. The predicted molar refractivity (Wildman–Crippen MR) is 118 cm³/mol. The first-order valence-corrected chi connectivity index (χ1v) is 10.4. The van der Waals surface area contributed by atoms with E-state index in [0.717, 1.165) is 22.1 Å². The number of alkyl halides is 2. The van der Waals surface area contributed by atoms with Crippen LogP contribution in [0.4, 0.5) is 20.3 Å². The third-order valence-electron chi connectivity index (χ3n) is 5.04. The summed E-state index contributed by atoms with van der Waals surface area (Å²) in [7, 11) is 1.68. The quantitative estimate of drug-likeness (QED) is 0.297. The molecule has 0 aliphatic carbocycles. The molecule has 0 aliphatic heterocycles. The molecule has 0 aliphatic rings. The Bertz CT molecular complexity index is 1460. The second-order valence-electron chi connectivity index (χ2n) is 7.19. The van der Waals surface area contributed by atoms with Crippen LogP contribution in [-0.2, 0) is 18.4 Å². The maximum absolute atomic E-state index is 13.6. The van der Waals surface area contributed by atoms with Gasteiger partial charge in [-0.2, -0.15) is 9.78 Å². The van der Waals surface area contributed by atoms with E-state index in [1.165, 1.54) is 18.5 Å². The number of nitrogens with zero attached hydrogens (tertiary/aromatic N) is 6. The van der Waals surface area contributed by atoms with E-state index in [9.17, 15) is 28.5 Å². The van der Waals surface area contributed by atoms with Crippen molar-refractivity contribution < 1.29 is 23.3 Å². The monoisotopic (exact) mass is 490 g/mol. The second-order valence-corrected chi connectivity index (χ2v) is 8.19. The molecular formula is C19H16F2N8O4S. The smallest absolute Gasteiger partial charge is 0.365 e. The Morgan fingerprint density at radius 3 is 2.65 bits per heavy atom. The number of halogens is 2. The van der Waals surface area contributed by atoms with Crippen LogP contribution in [0.1, 0.15) is 27.5 Å². The van der Waals surface area contributed by atoms with Gasteiger partial charge >= 0.3 is 5.82 Å². The average Bonchev–Trinajstić information content (AvgIpc) is 3.46. The summed E-state index contributed by atoms with van der Waals surface area (Å²) in [5.74, 6) is -2.00. The first-order valence-electron chi connectivity index (χ1n) is 9.58. The maximum atomic E-state index is 13.6. The number of anilines is 1. The molecule has 0 radical (unpaired) electrons. The average molecular weight is 490 g/mol. The van der Waals surface area contributed by atoms with Crippen LogP contribution < -0.4 is 11.1 Å². The van der Waals surface area contributed by atoms with Crippen LogP contribution in [0.5, 0.6) is 0 Å². The third kappa shape index (κ3) is 4.07. The van der Waals surface area contributed by atoms with Crippen LogP contribution in [0.25, 0.3) is 21.3 Å². The number of amides is 2. The summed E-state index contributed by atoms with van der Waals surface area (Å²) in [4.78, 5) is 38.9. The van der Waals surface area contributed by atoms with Crippen molar-refractivity contribution in [1.82, 2.24) is 24.5 Å². The molecule has 0 spiro atoms. The van der Waals surface area contributed by atoms with E-state index in [1.54, 1.807) is 18.7 Å². The molecule has 0 saturated carbocycles. The number of nitro groups is 1. The van der Waals surface area contributed by atoms with Gasteiger partial charge in [0.2, 0.25) is 5.91 Å². The van der Waals surface area contributed by atoms with Crippen LogP contribution >= 0.6 is 11.3 Å². The summed E-state index contributed by atoms with van der Waals surface area (Å²) in [6.45, 7) is 1.33. The number of nitrogens with one attached hydrogen (secondary N) is 1.